The van der Waals surface area contributed by atoms with Crippen molar-refractivity contribution in [3.05, 3.63) is 41.6 Å². The Balaban J connectivity index is 2.24. The van der Waals surface area contributed by atoms with Crippen LogP contribution in [-0.2, 0) is 20.7 Å². The molecule has 0 heterocycles. The van der Waals surface area contributed by atoms with Gasteiger partial charge in [-0.1, -0.05) is 12.1 Å². The lowest BCUT2D eigenvalue weighted by molar-refractivity contribution is -0.144. The summed E-state index contributed by atoms with van der Waals surface area (Å²) in [5.74, 6) is 0.165. The average molecular weight is 305 g/mol. The monoisotopic (exact) mass is 305 g/mol. The Morgan fingerprint density at radius 2 is 1.86 bits per heavy atom. The number of Topliss-reactive ketones (excluding diaryl/α,β-unsaturated/α-hetero) is 1. The minimum Gasteiger partial charge on any atom is -0.497 e. The molecule has 0 radical (unpaired) electrons. The fourth-order valence-electron chi connectivity index (χ4n) is 1.78. The molecule has 5 heteroatoms. The SMILES string of the molecule is COc1ccc(CCN/C(C)=C\COC(=O)CC(C)=O)cc1. The normalized spacial score (nSPS) is 11.0. The first-order chi connectivity index (χ1) is 10.5. The zero-order chi connectivity index (χ0) is 16.4. The summed E-state index contributed by atoms with van der Waals surface area (Å²) >= 11 is 0. The van der Waals surface area contributed by atoms with Crippen molar-refractivity contribution in [2.45, 2.75) is 26.7 Å². The predicted octanol–water partition coefficient (Wildman–Crippen LogP) is 2.25. The number of carbonyl (C=O) groups excluding carboxylic acids is 2. The maximum absolute atomic E-state index is 11.2. The van der Waals surface area contributed by atoms with Crippen LogP contribution in [0.4, 0.5) is 0 Å². The van der Waals surface area contributed by atoms with Crippen LogP contribution in [0.25, 0.3) is 0 Å². The van der Waals surface area contributed by atoms with E-state index in [0.717, 1.165) is 24.4 Å². The van der Waals surface area contributed by atoms with Gasteiger partial charge in [0, 0.05) is 12.2 Å². The van der Waals surface area contributed by atoms with Crippen molar-refractivity contribution in [2.75, 3.05) is 20.3 Å². The maximum Gasteiger partial charge on any atom is 0.313 e. The minimum atomic E-state index is -0.491. The Hall–Kier alpha value is -2.30. The molecule has 0 atom stereocenters. The number of hydrogen-bond acceptors (Lipinski definition) is 5. The molecule has 1 aromatic rings. The minimum absolute atomic E-state index is 0.169. The number of ketones is 1. The van der Waals surface area contributed by atoms with Crippen molar-refractivity contribution in [3.8, 4) is 5.75 Å². The largest absolute Gasteiger partial charge is 0.497 e. The second-order valence-electron chi connectivity index (χ2n) is 4.97. The van der Waals surface area contributed by atoms with E-state index in [4.69, 9.17) is 9.47 Å². The van der Waals surface area contributed by atoms with Gasteiger partial charge in [0.15, 0.2) is 0 Å². The van der Waals surface area contributed by atoms with Crippen LogP contribution >= 0.6 is 0 Å². The molecule has 0 unspecified atom stereocenters. The van der Waals surface area contributed by atoms with Crippen LogP contribution < -0.4 is 10.1 Å². The van der Waals surface area contributed by atoms with Gasteiger partial charge in [0.05, 0.1) is 7.11 Å². The highest BCUT2D eigenvalue weighted by Gasteiger charge is 2.04. The van der Waals surface area contributed by atoms with Crippen molar-refractivity contribution < 1.29 is 19.1 Å². The lowest BCUT2D eigenvalue weighted by Gasteiger charge is -2.08. The molecule has 0 bridgehead atoms. The molecule has 0 aliphatic carbocycles. The third-order valence-corrected chi connectivity index (χ3v) is 3.00. The first kappa shape index (κ1) is 17.8. The summed E-state index contributed by atoms with van der Waals surface area (Å²) in [6, 6.07) is 7.94. The first-order valence-electron chi connectivity index (χ1n) is 7.20. The fourth-order valence-corrected chi connectivity index (χ4v) is 1.78. The molecular formula is C17H23NO4. The van der Waals surface area contributed by atoms with Gasteiger partial charge in [-0.2, -0.15) is 0 Å². The lowest BCUT2D eigenvalue weighted by atomic mass is 10.1. The van der Waals surface area contributed by atoms with Gasteiger partial charge < -0.3 is 14.8 Å². The molecule has 0 aromatic heterocycles. The van der Waals surface area contributed by atoms with E-state index in [1.54, 1.807) is 13.2 Å². The molecule has 0 fully saturated rings. The molecule has 1 rings (SSSR count). The summed E-state index contributed by atoms with van der Waals surface area (Å²) in [5, 5.41) is 3.25. The summed E-state index contributed by atoms with van der Waals surface area (Å²) in [4.78, 5) is 21.9. The molecule has 0 spiro atoms. The Labute approximate surface area is 131 Å². The summed E-state index contributed by atoms with van der Waals surface area (Å²) < 4.78 is 10.0. The van der Waals surface area contributed by atoms with Crippen molar-refractivity contribution in [1.29, 1.82) is 0 Å². The van der Waals surface area contributed by atoms with E-state index < -0.39 is 5.97 Å². The van der Waals surface area contributed by atoms with Gasteiger partial charge in [-0.3, -0.25) is 9.59 Å². The van der Waals surface area contributed by atoms with Gasteiger partial charge >= 0.3 is 5.97 Å². The summed E-state index contributed by atoms with van der Waals surface area (Å²) in [6.45, 7) is 4.24. The number of hydrogen-bond donors (Lipinski definition) is 1. The van der Waals surface area contributed by atoms with Gasteiger partial charge in [0.1, 0.15) is 24.6 Å². The van der Waals surface area contributed by atoms with Crippen molar-refractivity contribution in [2.24, 2.45) is 0 Å². The molecule has 0 aliphatic rings. The van der Waals surface area contributed by atoms with Crippen LogP contribution in [0.2, 0.25) is 0 Å². The maximum atomic E-state index is 11.2. The van der Waals surface area contributed by atoms with Crippen LogP contribution in [0.15, 0.2) is 36.0 Å². The number of benzene rings is 1. The fraction of sp³-hybridized carbons (Fsp3) is 0.412. The van der Waals surface area contributed by atoms with Gasteiger partial charge in [-0.05, 0) is 44.0 Å². The van der Waals surface area contributed by atoms with E-state index in [2.05, 4.69) is 5.32 Å². The van der Waals surface area contributed by atoms with Gasteiger partial charge in [-0.15, -0.1) is 0 Å². The molecule has 120 valence electrons. The van der Waals surface area contributed by atoms with E-state index in [1.165, 1.54) is 12.5 Å². The van der Waals surface area contributed by atoms with Crippen LogP contribution in [0.5, 0.6) is 5.75 Å². The predicted molar refractivity (Wildman–Crippen MR) is 84.7 cm³/mol. The molecule has 1 N–H and O–H groups in total. The molecule has 0 amide bonds. The van der Waals surface area contributed by atoms with E-state index in [0.29, 0.717) is 0 Å². The van der Waals surface area contributed by atoms with Crippen LogP contribution in [0.3, 0.4) is 0 Å². The number of nitrogens with one attached hydrogen (secondary N) is 1. The Morgan fingerprint density at radius 3 is 2.45 bits per heavy atom. The van der Waals surface area contributed by atoms with Crippen molar-refractivity contribution in [1.82, 2.24) is 5.32 Å². The molecule has 22 heavy (non-hydrogen) atoms. The number of methoxy groups -OCH3 is 1. The summed E-state index contributed by atoms with van der Waals surface area (Å²) in [5.41, 5.74) is 2.15. The summed E-state index contributed by atoms with van der Waals surface area (Å²) in [6.07, 6.45) is 2.50. The van der Waals surface area contributed by atoms with Crippen molar-refractivity contribution >= 4 is 11.8 Å². The molecule has 5 nitrogen and oxygen atoms in total. The zero-order valence-electron chi connectivity index (χ0n) is 13.3. The molecular weight excluding hydrogens is 282 g/mol. The Kier molecular flexibility index (Phi) is 7.75. The number of rotatable bonds is 9. The van der Waals surface area contributed by atoms with Gasteiger partial charge in [-0.25, -0.2) is 0 Å². The zero-order valence-corrected chi connectivity index (χ0v) is 13.3. The van der Waals surface area contributed by atoms with E-state index in [9.17, 15) is 9.59 Å². The smallest absolute Gasteiger partial charge is 0.313 e. The number of ether oxygens (including phenoxy) is 2. The van der Waals surface area contributed by atoms with Crippen LogP contribution in [0.1, 0.15) is 25.8 Å². The molecule has 0 saturated heterocycles. The first-order valence-corrected chi connectivity index (χ1v) is 7.20. The molecule has 0 saturated carbocycles. The van der Waals surface area contributed by atoms with E-state index in [-0.39, 0.29) is 18.8 Å². The lowest BCUT2D eigenvalue weighted by Crippen LogP contribution is -2.16. The third kappa shape index (κ3) is 7.47. The number of allylic oxidation sites excluding steroid dienone is 1. The standard InChI is InChI=1S/C17H23NO4/c1-13(9-11-22-17(20)12-14(2)19)18-10-8-15-4-6-16(21-3)7-5-15/h4-7,9,18H,8,10-12H2,1-3H3/b13-9-. The summed E-state index contributed by atoms with van der Waals surface area (Å²) in [7, 11) is 1.65. The molecule has 0 aliphatic heterocycles. The van der Waals surface area contributed by atoms with Gasteiger partial charge in [0.25, 0.3) is 0 Å². The topological polar surface area (TPSA) is 64.6 Å². The number of carbonyl (C=O) groups is 2. The van der Waals surface area contributed by atoms with E-state index >= 15 is 0 Å². The second kappa shape index (κ2) is 9.60. The second-order valence-corrected chi connectivity index (χ2v) is 4.97. The number of esters is 1. The van der Waals surface area contributed by atoms with Crippen LogP contribution in [-0.4, -0.2) is 32.0 Å². The van der Waals surface area contributed by atoms with Crippen LogP contribution in [0, 0.1) is 0 Å². The Morgan fingerprint density at radius 1 is 1.18 bits per heavy atom. The van der Waals surface area contributed by atoms with Crippen molar-refractivity contribution in [3.63, 3.8) is 0 Å². The molecule has 1 aromatic carbocycles. The third-order valence-electron chi connectivity index (χ3n) is 3.00. The highest BCUT2D eigenvalue weighted by molar-refractivity contribution is 5.94. The quantitative estimate of drug-likeness (QED) is 0.560. The Bertz CT molecular complexity index is 520. The highest BCUT2D eigenvalue weighted by atomic mass is 16.5. The average Bonchev–Trinajstić information content (AvgIpc) is 2.47. The van der Waals surface area contributed by atoms with Gasteiger partial charge in [0.2, 0.25) is 0 Å². The highest BCUT2D eigenvalue weighted by Crippen LogP contribution is 2.11. The van der Waals surface area contributed by atoms with E-state index in [1.807, 2.05) is 31.2 Å².